The molecular weight excluding hydrogens is 422 g/mol. The summed E-state index contributed by atoms with van der Waals surface area (Å²) in [6.07, 6.45) is 10.3. The number of imidazole rings is 1. The average Bonchev–Trinajstić information content (AvgIpc) is 3.36. The Hall–Kier alpha value is -3.46. The first-order chi connectivity index (χ1) is 16.1. The molecule has 1 aromatic carbocycles. The van der Waals surface area contributed by atoms with Crippen molar-refractivity contribution in [1.82, 2.24) is 24.8 Å². The second-order valence-corrected chi connectivity index (χ2v) is 8.15. The number of hydrogen-bond acceptors (Lipinski definition) is 7. The van der Waals surface area contributed by atoms with Gasteiger partial charge in [0, 0.05) is 25.1 Å². The molecule has 0 amide bonds. The van der Waals surface area contributed by atoms with E-state index >= 15 is 0 Å². The minimum absolute atomic E-state index is 0.386. The van der Waals surface area contributed by atoms with Crippen molar-refractivity contribution in [2.75, 3.05) is 26.3 Å². The van der Waals surface area contributed by atoms with E-state index in [1.54, 1.807) is 24.7 Å². The molecule has 174 valence electrons. The van der Waals surface area contributed by atoms with Crippen molar-refractivity contribution in [3.8, 4) is 23.0 Å². The zero-order chi connectivity index (χ0) is 23.0. The van der Waals surface area contributed by atoms with Crippen LogP contribution in [0.4, 0.5) is 0 Å². The minimum Gasteiger partial charge on any atom is -0.490 e. The highest BCUT2D eigenvalue weighted by molar-refractivity contribution is 5.68. The number of aromatic amines is 1. The minimum atomic E-state index is -1.01. The summed E-state index contributed by atoms with van der Waals surface area (Å²) in [7, 11) is 0. The maximum atomic E-state index is 10.8. The fourth-order valence-corrected chi connectivity index (χ4v) is 4.07. The van der Waals surface area contributed by atoms with E-state index < -0.39 is 5.97 Å². The van der Waals surface area contributed by atoms with Crippen LogP contribution in [0.5, 0.6) is 11.5 Å². The Kier molecular flexibility index (Phi) is 7.51. The third-order valence-electron chi connectivity index (χ3n) is 5.72. The lowest BCUT2D eigenvalue weighted by atomic mass is 9.92. The average molecular weight is 452 g/mol. The predicted octanol–water partition coefficient (Wildman–Crippen LogP) is 3.18. The summed E-state index contributed by atoms with van der Waals surface area (Å²) in [5.74, 6) is 1.36. The van der Waals surface area contributed by atoms with E-state index in [0.717, 1.165) is 61.7 Å². The third kappa shape index (κ3) is 6.29. The number of hydrogen-bond donors (Lipinski definition) is 2. The van der Waals surface area contributed by atoms with Crippen molar-refractivity contribution in [3.63, 3.8) is 0 Å². The highest BCUT2D eigenvalue weighted by atomic mass is 16.5. The lowest BCUT2D eigenvalue weighted by Gasteiger charge is -2.32. The SMILES string of the molecule is CCOc1cc(CN2CCC(Cc3cnc(-c4ncc[nH]4)cn3)CC2)ccc1OCC(=O)O. The molecule has 2 aromatic heterocycles. The molecule has 0 aliphatic carbocycles. The normalized spacial score (nSPS) is 14.8. The number of carbonyl (C=O) groups is 1. The Bertz CT molecular complexity index is 1030. The molecular formula is C24H29N5O4. The first-order valence-electron chi connectivity index (χ1n) is 11.2. The molecule has 0 unspecified atom stereocenters. The lowest BCUT2D eigenvalue weighted by Crippen LogP contribution is -2.34. The molecule has 0 spiro atoms. The molecule has 1 saturated heterocycles. The van der Waals surface area contributed by atoms with Crippen LogP contribution < -0.4 is 9.47 Å². The van der Waals surface area contributed by atoms with Crippen molar-refractivity contribution in [3.05, 3.63) is 54.2 Å². The molecule has 1 fully saturated rings. The monoisotopic (exact) mass is 451 g/mol. The van der Waals surface area contributed by atoms with E-state index in [1.807, 2.05) is 25.3 Å². The van der Waals surface area contributed by atoms with E-state index in [0.29, 0.717) is 24.0 Å². The van der Waals surface area contributed by atoms with Crippen LogP contribution in [-0.4, -0.2) is 62.2 Å². The summed E-state index contributed by atoms with van der Waals surface area (Å²) < 4.78 is 11.0. The van der Waals surface area contributed by atoms with Crippen LogP contribution in [0.3, 0.4) is 0 Å². The van der Waals surface area contributed by atoms with Gasteiger partial charge in [0.05, 0.1) is 18.5 Å². The van der Waals surface area contributed by atoms with Crippen LogP contribution in [0, 0.1) is 5.92 Å². The number of ether oxygens (including phenoxy) is 2. The number of nitrogens with one attached hydrogen (secondary N) is 1. The number of piperidine rings is 1. The smallest absolute Gasteiger partial charge is 0.341 e. The number of H-pyrrole nitrogens is 1. The summed E-state index contributed by atoms with van der Waals surface area (Å²) in [5, 5.41) is 8.85. The van der Waals surface area contributed by atoms with E-state index in [9.17, 15) is 4.79 Å². The first-order valence-corrected chi connectivity index (χ1v) is 11.2. The summed E-state index contributed by atoms with van der Waals surface area (Å²) in [6, 6.07) is 5.71. The van der Waals surface area contributed by atoms with E-state index in [-0.39, 0.29) is 6.61 Å². The number of rotatable bonds is 10. The predicted molar refractivity (Wildman–Crippen MR) is 122 cm³/mol. The van der Waals surface area contributed by atoms with Gasteiger partial charge in [-0.1, -0.05) is 6.07 Å². The van der Waals surface area contributed by atoms with Gasteiger partial charge in [-0.2, -0.15) is 0 Å². The molecule has 9 nitrogen and oxygen atoms in total. The van der Waals surface area contributed by atoms with E-state index in [4.69, 9.17) is 14.6 Å². The summed E-state index contributed by atoms with van der Waals surface area (Å²) in [5.41, 5.74) is 2.89. The van der Waals surface area contributed by atoms with Gasteiger partial charge in [-0.05, 0) is 62.9 Å². The fraction of sp³-hybridized carbons (Fsp3) is 0.417. The van der Waals surface area contributed by atoms with Crippen LogP contribution in [-0.2, 0) is 17.8 Å². The van der Waals surface area contributed by atoms with Crippen LogP contribution in [0.15, 0.2) is 43.0 Å². The largest absolute Gasteiger partial charge is 0.490 e. The number of nitrogens with zero attached hydrogens (tertiary/aromatic N) is 4. The second kappa shape index (κ2) is 10.9. The molecule has 3 aromatic rings. The van der Waals surface area contributed by atoms with Gasteiger partial charge >= 0.3 is 5.97 Å². The number of aromatic nitrogens is 4. The maximum absolute atomic E-state index is 10.8. The van der Waals surface area contributed by atoms with Gasteiger partial charge in [0.15, 0.2) is 23.9 Å². The number of likely N-dealkylation sites (tertiary alicyclic amines) is 1. The van der Waals surface area contributed by atoms with Gasteiger partial charge in [0.2, 0.25) is 0 Å². The molecule has 0 saturated carbocycles. The molecule has 3 heterocycles. The molecule has 9 heteroatoms. The van der Waals surface area contributed by atoms with Crippen LogP contribution in [0.1, 0.15) is 31.0 Å². The summed E-state index contributed by atoms with van der Waals surface area (Å²) >= 11 is 0. The molecule has 0 atom stereocenters. The van der Waals surface area contributed by atoms with Gasteiger partial charge in [-0.25, -0.2) is 14.8 Å². The van der Waals surface area contributed by atoms with Crippen molar-refractivity contribution in [2.24, 2.45) is 5.92 Å². The van der Waals surface area contributed by atoms with Gasteiger partial charge < -0.3 is 19.6 Å². The zero-order valence-electron chi connectivity index (χ0n) is 18.7. The zero-order valence-corrected chi connectivity index (χ0v) is 18.7. The quantitative estimate of drug-likeness (QED) is 0.483. The van der Waals surface area contributed by atoms with Gasteiger partial charge in [-0.3, -0.25) is 9.88 Å². The lowest BCUT2D eigenvalue weighted by molar-refractivity contribution is -0.139. The van der Waals surface area contributed by atoms with E-state index in [2.05, 4.69) is 24.8 Å². The Morgan fingerprint density at radius 2 is 2.00 bits per heavy atom. The Labute approximate surface area is 192 Å². The second-order valence-electron chi connectivity index (χ2n) is 8.15. The topological polar surface area (TPSA) is 113 Å². The fourth-order valence-electron chi connectivity index (χ4n) is 4.07. The van der Waals surface area contributed by atoms with Gasteiger partial charge in [-0.15, -0.1) is 0 Å². The number of aliphatic carboxylic acids is 1. The number of carboxylic acid groups (broad SMARTS) is 1. The standard InChI is InChI=1S/C24H29N5O4/c1-2-32-22-12-18(3-4-21(22)33-16-23(30)31)15-29-9-5-17(6-10-29)11-19-13-28-20(14-27-19)24-25-7-8-26-24/h3-4,7-8,12-14,17H,2,5-6,9-11,15-16H2,1H3,(H,25,26)(H,30,31). The Balaban J connectivity index is 1.28. The van der Waals surface area contributed by atoms with Crippen LogP contribution >= 0.6 is 0 Å². The summed E-state index contributed by atoms with van der Waals surface area (Å²) in [6.45, 7) is 4.86. The molecule has 1 aliphatic heterocycles. The third-order valence-corrected chi connectivity index (χ3v) is 5.72. The number of benzene rings is 1. The van der Waals surface area contributed by atoms with Crippen molar-refractivity contribution in [1.29, 1.82) is 0 Å². The molecule has 0 radical (unpaired) electrons. The molecule has 0 bridgehead atoms. The molecule has 2 N–H and O–H groups in total. The van der Waals surface area contributed by atoms with Crippen LogP contribution in [0.2, 0.25) is 0 Å². The summed E-state index contributed by atoms with van der Waals surface area (Å²) in [4.78, 5) is 29.6. The highest BCUT2D eigenvalue weighted by Crippen LogP contribution is 2.30. The highest BCUT2D eigenvalue weighted by Gasteiger charge is 2.21. The van der Waals surface area contributed by atoms with Gasteiger partial charge in [0.1, 0.15) is 5.69 Å². The molecule has 33 heavy (non-hydrogen) atoms. The van der Waals surface area contributed by atoms with Crippen molar-refractivity contribution >= 4 is 5.97 Å². The Morgan fingerprint density at radius 3 is 2.67 bits per heavy atom. The van der Waals surface area contributed by atoms with Gasteiger partial charge in [0.25, 0.3) is 0 Å². The van der Waals surface area contributed by atoms with Crippen LogP contribution in [0.25, 0.3) is 11.5 Å². The molecule has 4 rings (SSSR count). The molecule has 1 aliphatic rings. The number of carboxylic acids is 1. The van der Waals surface area contributed by atoms with Crippen molar-refractivity contribution < 1.29 is 19.4 Å². The maximum Gasteiger partial charge on any atom is 0.341 e. The van der Waals surface area contributed by atoms with E-state index in [1.165, 1.54) is 0 Å². The van der Waals surface area contributed by atoms with Crippen molar-refractivity contribution in [2.45, 2.75) is 32.7 Å². The first kappa shape index (κ1) is 22.7. The Morgan fingerprint density at radius 1 is 1.15 bits per heavy atom.